The highest BCUT2D eigenvalue weighted by molar-refractivity contribution is 7.91. The number of anilines is 1. The molecule has 11 heteroatoms. The third-order valence-electron chi connectivity index (χ3n) is 8.50. The Morgan fingerprint density at radius 1 is 1.09 bits per heavy atom. The Bertz CT molecular complexity index is 1930. The van der Waals surface area contributed by atoms with Crippen molar-refractivity contribution in [3.05, 3.63) is 123 Å². The van der Waals surface area contributed by atoms with E-state index in [2.05, 4.69) is 22.8 Å². The fourth-order valence-electron chi connectivity index (χ4n) is 6.45. The first-order chi connectivity index (χ1) is 21.5. The highest BCUT2D eigenvalue weighted by Gasteiger charge is 2.46. The molecule has 0 spiro atoms. The lowest BCUT2D eigenvalue weighted by Gasteiger charge is -2.38. The molecule has 1 aliphatic carbocycles. The number of carbonyl (C=O) groups excluding carboxylic acids is 1. The molecule has 2 N–H and O–H groups in total. The Morgan fingerprint density at radius 3 is 2.60 bits per heavy atom. The number of sulfone groups is 1. The maximum atomic E-state index is 15.3. The summed E-state index contributed by atoms with van der Waals surface area (Å²) in [6, 6.07) is 14.3. The van der Waals surface area contributed by atoms with E-state index in [1.54, 1.807) is 36.5 Å². The molecule has 2 aromatic carbocycles. The molecule has 0 bridgehead atoms. The molecular weight excluding hydrogens is 598 g/mol. The van der Waals surface area contributed by atoms with Crippen LogP contribution in [0.5, 0.6) is 0 Å². The smallest absolute Gasteiger partial charge is 0.260 e. The number of fused-ring (bicyclic) bond motifs is 2. The minimum atomic E-state index is -3.51. The van der Waals surface area contributed by atoms with Crippen LogP contribution in [0.2, 0.25) is 0 Å². The van der Waals surface area contributed by atoms with Crippen LogP contribution in [0.3, 0.4) is 0 Å². The highest BCUT2D eigenvalue weighted by atomic mass is 32.2. The zero-order valence-electron chi connectivity index (χ0n) is 25.0. The molecule has 1 amide bonds. The number of halogens is 2. The molecule has 0 saturated heterocycles. The zero-order chi connectivity index (χ0) is 31.9. The van der Waals surface area contributed by atoms with Gasteiger partial charge in [0, 0.05) is 50.4 Å². The van der Waals surface area contributed by atoms with Gasteiger partial charge < -0.3 is 20.1 Å². The fraction of sp³-hybridized carbons (Fsp3) is 0.294. The van der Waals surface area contributed by atoms with Crippen LogP contribution < -0.4 is 21.1 Å². The number of aromatic nitrogens is 1. The first kappa shape index (κ1) is 30.5. The molecule has 0 fully saturated rings. The Labute approximate surface area is 260 Å². The van der Waals surface area contributed by atoms with Crippen molar-refractivity contribution in [2.75, 3.05) is 30.0 Å². The summed E-state index contributed by atoms with van der Waals surface area (Å²) in [5.41, 5.74) is 3.74. The molecule has 45 heavy (non-hydrogen) atoms. The number of nitrogens with one attached hydrogen (secondary N) is 2. The molecule has 3 aliphatic rings. The van der Waals surface area contributed by atoms with Crippen LogP contribution in [-0.4, -0.2) is 50.0 Å². The van der Waals surface area contributed by atoms with Crippen LogP contribution in [0.15, 0.2) is 89.0 Å². The molecule has 2 unspecified atom stereocenters. The Morgan fingerprint density at radius 2 is 1.87 bits per heavy atom. The third kappa shape index (κ3) is 6.09. The molecule has 234 valence electrons. The third-order valence-corrected chi connectivity index (χ3v) is 9.34. The van der Waals surface area contributed by atoms with Gasteiger partial charge in [-0.15, -0.1) is 0 Å². The number of hydrogen-bond acceptors (Lipinski definition) is 6. The van der Waals surface area contributed by atoms with Crippen molar-refractivity contribution in [3.8, 4) is 0 Å². The summed E-state index contributed by atoms with van der Waals surface area (Å²) in [5, 5.41) is 6.36. The number of amides is 1. The van der Waals surface area contributed by atoms with Gasteiger partial charge in [-0.05, 0) is 65.8 Å². The van der Waals surface area contributed by atoms with Crippen molar-refractivity contribution in [2.24, 2.45) is 13.0 Å². The van der Waals surface area contributed by atoms with Gasteiger partial charge in [0.2, 0.25) is 5.91 Å². The lowest BCUT2D eigenvalue weighted by Crippen LogP contribution is -2.52. The standard InChI is InChI=1S/C34H34F2N4O4S/c1-39-15-13-25-23(20-45(2,43)44)16-22-19-40(28-12-11-24(35)17-27(28)36)32-26(18-38-31(29(22)32)30(25)34(39)42)33(41)37-14-7-6-10-21-8-4-3-5-9-21/h3-5,8-9,11-13,15-17,19,26,32,38H,6-7,10,14,18,20H2,1-2H3,(H,37,41). The molecule has 2 aliphatic heterocycles. The van der Waals surface area contributed by atoms with Crippen LogP contribution in [0.4, 0.5) is 14.5 Å². The number of aryl methyl sites for hydroxylation is 2. The van der Waals surface area contributed by atoms with Crippen molar-refractivity contribution in [1.82, 2.24) is 15.2 Å². The first-order valence-corrected chi connectivity index (χ1v) is 16.9. The maximum Gasteiger partial charge on any atom is 0.260 e. The molecule has 1 aromatic heterocycles. The normalized spacial score (nSPS) is 18.8. The first-order valence-electron chi connectivity index (χ1n) is 14.9. The average molecular weight is 633 g/mol. The van der Waals surface area contributed by atoms with Gasteiger partial charge in [-0.2, -0.15) is 0 Å². The van der Waals surface area contributed by atoms with Crippen molar-refractivity contribution in [3.63, 3.8) is 0 Å². The summed E-state index contributed by atoms with van der Waals surface area (Å²) in [4.78, 5) is 29.0. The van der Waals surface area contributed by atoms with E-state index in [-0.39, 0.29) is 29.5 Å². The number of allylic oxidation sites excluding steroid dienone is 1. The largest absolute Gasteiger partial charge is 0.383 e. The predicted octanol–water partition coefficient (Wildman–Crippen LogP) is 3.95. The minimum absolute atomic E-state index is 0.0654. The minimum Gasteiger partial charge on any atom is -0.383 e. The maximum absolute atomic E-state index is 15.3. The van der Waals surface area contributed by atoms with E-state index < -0.39 is 33.4 Å². The SMILES string of the molecule is Cn1ccc2c(c1=O)C1=C3C(=CN(c4ccc(F)cc4F)C3C(C(=O)NCCCCc3ccccc3)CN1)C=C2CS(C)(=O)=O. The summed E-state index contributed by atoms with van der Waals surface area (Å²) < 4.78 is 55.7. The number of rotatable bonds is 9. The van der Waals surface area contributed by atoms with Gasteiger partial charge in [0.15, 0.2) is 9.84 Å². The number of nitrogens with zero attached hydrogens (tertiary/aromatic N) is 2. The number of unbranched alkanes of at least 4 members (excludes halogenated alkanes) is 1. The Balaban J connectivity index is 1.39. The van der Waals surface area contributed by atoms with Crippen LogP contribution in [-0.2, 0) is 28.1 Å². The summed E-state index contributed by atoms with van der Waals surface area (Å²) >= 11 is 0. The number of hydrogen-bond donors (Lipinski definition) is 2. The molecule has 3 heterocycles. The second-order valence-corrected chi connectivity index (χ2v) is 13.9. The molecule has 6 rings (SSSR count). The van der Waals surface area contributed by atoms with E-state index in [9.17, 15) is 22.4 Å². The van der Waals surface area contributed by atoms with Gasteiger partial charge >= 0.3 is 0 Å². The van der Waals surface area contributed by atoms with Gasteiger partial charge in [-0.25, -0.2) is 17.2 Å². The fourth-order valence-corrected chi connectivity index (χ4v) is 7.25. The summed E-state index contributed by atoms with van der Waals surface area (Å²) in [6.45, 7) is 0.590. The van der Waals surface area contributed by atoms with Gasteiger partial charge in [-0.1, -0.05) is 30.3 Å². The van der Waals surface area contributed by atoms with Crippen LogP contribution in [0, 0.1) is 17.6 Å². The number of benzene rings is 2. The predicted molar refractivity (Wildman–Crippen MR) is 171 cm³/mol. The quantitative estimate of drug-likeness (QED) is 0.347. The number of pyridine rings is 1. The summed E-state index contributed by atoms with van der Waals surface area (Å²) in [7, 11) is -1.90. The second kappa shape index (κ2) is 12.1. The van der Waals surface area contributed by atoms with Crippen LogP contribution in [0.25, 0.3) is 11.3 Å². The van der Waals surface area contributed by atoms with Crippen molar-refractivity contribution >= 4 is 32.7 Å². The molecule has 8 nitrogen and oxygen atoms in total. The summed E-state index contributed by atoms with van der Waals surface area (Å²) in [6.07, 6.45) is 8.61. The second-order valence-electron chi connectivity index (χ2n) is 11.8. The van der Waals surface area contributed by atoms with E-state index in [0.29, 0.717) is 40.1 Å². The van der Waals surface area contributed by atoms with E-state index in [0.717, 1.165) is 37.7 Å². The Kier molecular flexibility index (Phi) is 8.22. The van der Waals surface area contributed by atoms with E-state index in [1.807, 2.05) is 18.2 Å². The Hall–Kier alpha value is -4.51. The van der Waals surface area contributed by atoms with Gasteiger partial charge in [0.25, 0.3) is 5.56 Å². The van der Waals surface area contributed by atoms with Crippen molar-refractivity contribution < 1.29 is 22.0 Å². The van der Waals surface area contributed by atoms with Gasteiger partial charge in [-0.3, -0.25) is 9.59 Å². The van der Waals surface area contributed by atoms with E-state index in [1.165, 1.54) is 16.2 Å². The molecule has 0 radical (unpaired) electrons. The van der Waals surface area contributed by atoms with Crippen molar-refractivity contribution in [1.29, 1.82) is 0 Å². The molecule has 0 saturated carbocycles. The average Bonchev–Trinajstić information content (AvgIpc) is 3.30. The lowest BCUT2D eigenvalue weighted by atomic mass is 9.84. The van der Waals surface area contributed by atoms with Crippen LogP contribution >= 0.6 is 0 Å². The molecule has 3 aromatic rings. The number of carbonyl (C=O) groups is 1. The monoisotopic (exact) mass is 632 g/mol. The van der Waals surface area contributed by atoms with Gasteiger partial charge in [0.05, 0.1) is 34.7 Å². The van der Waals surface area contributed by atoms with E-state index in [4.69, 9.17) is 0 Å². The van der Waals surface area contributed by atoms with Gasteiger partial charge in [0.1, 0.15) is 11.6 Å². The molecule has 2 atom stereocenters. The zero-order valence-corrected chi connectivity index (χ0v) is 25.8. The van der Waals surface area contributed by atoms with E-state index >= 15 is 4.39 Å². The highest BCUT2D eigenvalue weighted by Crippen LogP contribution is 2.46. The van der Waals surface area contributed by atoms with Crippen LogP contribution in [0.1, 0.15) is 29.5 Å². The van der Waals surface area contributed by atoms with Crippen molar-refractivity contribution in [2.45, 2.75) is 25.3 Å². The molecular formula is C34H34F2N4O4S. The topological polar surface area (TPSA) is 101 Å². The lowest BCUT2D eigenvalue weighted by molar-refractivity contribution is -0.125. The summed E-state index contributed by atoms with van der Waals surface area (Å²) in [5.74, 6) is -2.82.